The van der Waals surface area contributed by atoms with Crippen LogP contribution in [0.4, 0.5) is 0 Å². The molecule has 0 aromatic rings. The summed E-state index contributed by atoms with van der Waals surface area (Å²) >= 11 is 0. The summed E-state index contributed by atoms with van der Waals surface area (Å²) < 4.78 is 0. The zero-order valence-electron chi connectivity index (χ0n) is 6.33. The number of fused-ring (bicyclic) bond motifs is 1. The first-order valence-electron chi connectivity index (χ1n) is 4.49. The third-order valence-corrected chi connectivity index (χ3v) is 4.23. The van der Waals surface area contributed by atoms with E-state index in [0.717, 1.165) is 23.7 Å². The molecule has 3 fully saturated rings. The first-order chi connectivity index (χ1) is 4.80. The van der Waals surface area contributed by atoms with Crippen LogP contribution in [0, 0.1) is 29.6 Å². The van der Waals surface area contributed by atoms with Crippen LogP contribution in [-0.4, -0.2) is 11.2 Å². The summed E-state index contributed by atoms with van der Waals surface area (Å²) in [6.07, 6.45) is 2.90. The molecule has 3 aliphatic rings. The van der Waals surface area contributed by atoms with Gasteiger partial charge in [0.1, 0.15) is 0 Å². The summed E-state index contributed by atoms with van der Waals surface area (Å²) in [6.45, 7) is 2.23. The topological polar surface area (TPSA) is 20.2 Å². The molecule has 6 atom stereocenters. The van der Waals surface area contributed by atoms with Crippen molar-refractivity contribution in [3.8, 4) is 0 Å². The Balaban J connectivity index is 1.97. The predicted molar refractivity (Wildman–Crippen MR) is 38.4 cm³/mol. The Kier molecular flexibility index (Phi) is 0.797. The Hall–Kier alpha value is -0.0400. The lowest BCUT2D eigenvalue weighted by Gasteiger charge is -2.16. The van der Waals surface area contributed by atoms with E-state index < -0.39 is 0 Å². The number of rotatable bonds is 0. The molecule has 0 radical (unpaired) electrons. The fourth-order valence-electron chi connectivity index (χ4n) is 3.69. The maximum absolute atomic E-state index is 9.69. The molecular weight excluding hydrogens is 124 g/mol. The zero-order valence-corrected chi connectivity index (χ0v) is 6.33. The fourth-order valence-corrected chi connectivity index (χ4v) is 3.69. The Bertz CT molecular complexity index is 160. The molecule has 0 spiro atoms. The van der Waals surface area contributed by atoms with Crippen LogP contribution in [0.15, 0.2) is 0 Å². The minimum absolute atomic E-state index is 0.0718. The lowest BCUT2D eigenvalue weighted by Crippen LogP contribution is -2.19. The van der Waals surface area contributed by atoms with Crippen LogP contribution in [0.2, 0.25) is 0 Å². The van der Waals surface area contributed by atoms with Crippen LogP contribution in [0.1, 0.15) is 19.8 Å². The highest BCUT2D eigenvalue weighted by Crippen LogP contribution is 2.70. The Morgan fingerprint density at radius 1 is 1.10 bits per heavy atom. The summed E-state index contributed by atoms with van der Waals surface area (Å²) in [5.74, 6) is 4.19. The highest BCUT2D eigenvalue weighted by atomic mass is 16.3. The third kappa shape index (κ3) is 0.402. The molecule has 0 saturated heterocycles. The lowest BCUT2D eigenvalue weighted by molar-refractivity contribution is 0.101. The Morgan fingerprint density at radius 3 is 2.40 bits per heavy atom. The molecule has 0 bridgehead atoms. The van der Waals surface area contributed by atoms with E-state index in [4.69, 9.17) is 0 Å². The van der Waals surface area contributed by atoms with Crippen molar-refractivity contribution >= 4 is 0 Å². The van der Waals surface area contributed by atoms with Crippen molar-refractivity contribution in [3.05, 3.63) is 0 Å². The molecule has 0 aromatic carbocycles. The van der Waals surface area contributed by atoms with E-state index in [-0.39, 0.29) is 6.10 Å². The molecule has 1 heteroatoms. The van der Waals surface area contributed by atoms with Gasteiger partial charge < -0.3 is 5.11 Å². The van der Waals surface area contributed by atoms with Gasteiger partial charge in [0.2, 0.25) is 0 Å². The third-order valence-electron chi connectivity index (χ3n) is 4.23. The molecule has 0 heterocycles. The van der Waals surface area contributed by atoms with E-state index in [9.17, 15) is 5.11 Å². The van der Waals surface area contributed by atoms with E-state index in [2.05, 4.69) is 6.92 Å². The molecule has 0 amide bonds. The largest absolute Gasteiger partial charge is 0.393 e. The second kappa shape index (κ2) is 1.42. The summed E-state index contributed by atoms with van der Waals surface area (Å²) in [5, 5.41) is 9.69. The van der Waals surface area contributed by atoms with Gasteiger partial charge in [-0.3, -0.25) is 0 Å². The van der Waals surface area contributed by atoms with Gasteiger partial charge in [-0.1, -0.05) is 6.92 Å². The smallest absolute Gasteiger partial charge is 0.0602 e. The Morgan fingerprint density at radius 2 is 1.80 bits per heavy atom. The molecule has 0 aromatic heterocycles. The summed E-state index contributed by atoms with van der Waals surface area (Å²) in [4.78, 5) is 0. The van der Waals surface area contributed by atoms with Gasteiger partial charge in [-0.15, -0.1) is 0 Å². The van der Waals surface area contributed by atoms with Crippen molar-refractivity contribution in [3.63, 3.8) is 0 Å². The van der Waals surface area contributed by atoms with Crippen molar-refractivity contribution in [1.29, 1.82) is 0 Å². The van der Waals surface area contributed by atoms with E-state index in [1.807, 2.05) is 0 Å². The second-order valence-corrected chi connectivity index (χ2v) is 4.41. The first kappa shape index (κ1) is 5.59. The van der Waals surface area contributed by atoms with Crippen molar-refractivity contribution < 1.29 is 5.11 Å². The number of aliphatic hydroxyl groups excluding tert-OH is 1. The molecule has 3 rings (SSSR count). The van der Waals surface area contributed by atoms with Crippen molar-refractivity contribution in [2.45, 2.75) is 25.9 Å². The van der Waals surface area contributed by atoms with Gasteiger partial charge in [-0.05, 0) is 42.4 Å². The van der Waals surface area contributed by atoms with Gasteiger partial charge in [-0.25, -0.2) is 0 Å². The van der Waals surface area contributed by atoms with Crippen LogP contribution in [0.3, 0.4) is 0 Å². The monoisotopic (exact) mass is 138 g/mol. The summed E-state index contributed by atoms with van der Waals surface area (Å²) in [6, 6.07) is 0. The zero-order chi connectivity index (χ0) is 6.88. The SMILES string of the molecule is C[C@@H]1[C@H]2CCC3C([C@H]32)[C@@H]1O. The number of hydrogen-bond donors (Lipinski definition) is 1. The fraction of sp³-hybridized carbons (Fsp3) is 1.00. The normalized spacial score (nSPS) is 70.2. The number of hydrogen-bond acceptors (Lipinski definition) is 1. The molecule has 1 nitrogen and oxygen atoms in total. The van der Waals surface area contributed by atoms with E-state index >= 15 is 0 Å². The van der Waals surface area contributed by atoms with Gasteiger partial charge in [-0.2, -0.15) is 0 Å². The second-order valence-electron chi connectivity index (χ2n) is 4.41. The molecule has 3 aliphatic carbocycles. The van der Waals surface area contributed by atoms with Crippen molar-refractivity contribution in [1.82, 2.24) is 0 Å². The highest BCUT2D eigenvalue weighted by Gasteiger charge is 2.68. The van der Waals surface area contributed by atoms with Crippen LogP contribution in [0.25, 0.3) is 0 Å². The van der Waals surface area contributed by atoms with Crippen LogP contribution < -0.4 is 0 Å². The molecular formula is C9H14O. The molecule has 2 unspecified atom stereocenters. The molecule has 1 N–H and O–H groups in total. The van der Waals surface area contributed by atoms with E-state index in [0.29, 0.717) is 5.92 Å². The highest BCUT2D eigenvalue weighted by molar-refractivity contribution is 5.16. The molecule has 0 aliphatic heterocycles. The average Bonchev–Trinajstić information content (AvgIpc) is 2.43. The predicted octanol–water partition coefficient (Wildman–Crippen LogP) is 1.27. The van der Waals surface area contributed by atoms with Gasteiger partial charge in [0, 0.05) is 0 Å². The maximum Gasteiger partial charge on any atom is 0.0602 e. The van der Waals surface area contributed by atoms with Crippen LogP contribution in [0.5, 0.6) is 0 Å². The maximum atomic E-state index is 9.69. The first-order valence-corrected chi connectivity index (χ1v) is 4.49. The Labute approximate surface area is 61.4 Å². The van der Waals surface area contributed by atoms with Crippen molar-refractivity contribution in [2.24, 2.45) is 29.6 Å². The van der Waals surface area contributed by atoms with Crippen LogP contribution in [-0.2, 0) is 0 Å². The molecule has 56 valence electrons. The number of aliphatic hydroxyl groups is 1. The van der Waals surface area contributed by atoms with Gasteiger partial charge in [0.05, 0.1) is 6.10 Å². The average molecular weight is 138 g/mol. The van der Waals surface area contributed by atoms with Crippen LogP contribution >= 0.6 is 0 Å². The minimum atomic E-state index is 0.0718. The van der Waals surface area contributed by atoms with E-state index in [1.165, 1.54) is 12.8 Å². The van der Waals surface area contributed by atoms with Gasteiger partial charge in [0.15, 0.2) is 0 Å². The minimum Gasteiger partial charge on any atom is -0.393 e. The summed E-state index contributed by atoms with van der Waals surface area (Å²) in [5.41, 5.74) is 0. The lowest BCUT2D eigenvalue weighted by atomic mass is 9.93. The quantitative estimate of drug-likeness (QED) is 0.534. The standard InChI is InChI=1S/C9H14O/c1-4-5-2-3-6-7(5)8(6)9(4)10/h4-10H,2-3H2,1H3/t4-,5-,6?,7+,8?,9-/m1/s1. The molecule has 3 saturated carbocycles. The molecule has 10 heavy (non-hydrogen) atoms. The van der Waals surface area contributed by atoms with Crippen molar-refractivity contribution in [2.75, 3.05) is 0 Å². The summed E-state index contributed by atoms with van der Waals surface area (Å²) in [7, 11) is 0. The van der Waals surface area contributed by atoms with Gasteiger partial charge in [0.25, 0.3) is 0 Å². The van der Waals surface area contributed by atoms with Gasteiger partial charge >= 0.3 is 0 Å². The van der Waals surface area contributed by atoms with E-state index in [1.54, 1.807) is 0 Å².